The van der Waals surface area contributed by atoms with Crippen LogP contribution in [0.25, 0.3) is 0 Å². The van der Waals surface area contributed by atoms with Crippen LogP contribution >= 0.6 is 0 Å². The summed E-state index contributed by atoms with van der Waals surface area (Å²) in [5.74, 6) is 0.586. The molecule has 0 aromatic carbocycles. The average molecular weight is 527 g/mol. The maximum Gasteiger partial charge on any atom is 0.191 e. The van der Waals surface area contributed by atoms with Crippen LogP contribution in [0.1, 0.15) is 91.4 Å². The number of aliphatic hydroxyl groups is 1. The molecule has 1 aliphatic carbocycles. The van der Waals surface area contributed by atoms with Crippen molar-refractivity contribution < 1.29 is 28.5 Å². The van der Waals surface area contributed by atoms with E-state index >= 15 is 0 Å². The van der Waals surface area contributed by atoms with E-state index in [4.69, 9.17) is 28.5 Å². The highest BCUT2D eigenvalue weighted by Gasteiger charge is 2.48. The fourth-order valence-electron chi connectivity index (χ4n) is 5.29. The Bertz CT molecular complexity index is 636. The Kier molecular flexibility index (Phi) is 12.4. The second-order valence-electron chi connectivity index (χ2n) is 12.5. The number of rotatable bonds is 13. The molecule has 3 aliphatic rings. The van der Waals surface area contributed by atoms with Gasteiger partial charge in [-0.25, -0.2) is 0 Å². The van der Waals surface area contributed by atoms with Gasteiger partial charge in [0.2, 0.25) is 0 Å². The quantitative estimate of drug-likeness (QED) is 0.166. The van der Waals surface area contributed by atoms with Crippen molar-refractivity contribution in [1.29, 1.82) is 0 Å². The molecule has 0 aromatic heterocycles. The molecule has 0 bridgehead atoms. The van der Waals surface area contributed by atoms with E-state index in [0.717, 1.165) is 71.0 Å². The van der Waals surface area contributed by atoms with Gasteiger partial charge in [-0.2, -0.15) is 0 Å². The zero-order valence-corrected chi connectivity index (χ0v) is 24.7. The van der Waals surface area contributed by atoms with Gasteiger partial charge in [0.15, 0.2) is 20.9 Å². The van der Waals surface area contributed by atoms with Crippen molar-refractivity contribution in [2.24, 2.45) is 11.8 Å². The normalized spacial score (nSPS) is 32.4. The molecular weight excluding hydrogens is 472 g/mol. The van der Waals surface area contributed by atoms with Crippen LogP contribution in [0.4, 0.5) is 0 Å². The van der Waals surface area contributed by atoms with Crippen molar-refractivity contribution in [3.05, 3.63) is 12.2 Å². The van der Waals surface area contributed by atoms with Crippen LogP contribution in [0.15, 0.2) is 12.2 Å². The minimum atomic E-state index is -1.90. The molecule has 210 valence electrons. The minimum absolute atomic E-state index is 0.0687. The molecular formula is C29H54O6Si. The lowest BCUT2D eigenvalue weighted by Gasteiger charge is -2.39. The lowest BCUT2D eigenvalue weighted by Crippen LogP contribution is -2.44. The van der Waals surface area contributed by atoms with Gasteiger partial charge < -0.3 is 28.5 Å². The molecule has 0 radical (unpaired) electrons. The lowest BCUT2D eigenvalue weighted by atomic mass is 9.90. The number of ether oxygens (including phenoxy) is 4. The van der Waals surface area contributed by atoms with Crippen molar-refractivity contribution in [3.63, 3.8) is 0 Å². The fourth-order valence-corrected chi connectivity index (χ4v) is 6.34. The Balaban J connectivity index is 1.75. The largest absolute Gasteiger partial charge is 0.416 e. The van der Waals surface area contributed by atoms with Crippen LogP contribution in [0.5, 0.6) is 0 Å². The lowest BCUT2D eigenvalue weighted by molar-refractivity contribution is -0.204. The van der Waals surface area contributed by atoms with E-state index in [1.54, 1.807) is 0 Å². The molecule has 2 heterocycles. The first-order valence-electron chi connectivity index (χ1n) is 14.6. The van der Waals surface area contributed by atoms with Crippen molar-refractivity contribution in [2.75, 3.05) is 26.4 Å². The van der Waals surface area contributed by atoms with Gasteiger partial charge in [-0.05, 0) is 88.3 Å². The van der Waals surface area contributed by atoms with E-state index in [-0.39, 0.29) is 42.4 Å². The second-order valence-corrected chi connectivity index (χ2v) is 17.3. The van der Waals surface area contributed by atoms with Gasteiger partial charge in [-0.1, -0.05) is 32.9 Å². The third-order valence-electron chi connectivity index (χ3n) is 8.70. The standard InChI is InChI=1S/C29H54O6Si/c1-29(2,3)36(4,5)33-22-24-23(15-9-7-6-8-12-18-30)25(34-27-16-10-13-19-31-27)21-26(24)35-28-17-11-14-20-32-28/h7,9,23-28,30H,6,8,10-22H2,1-5H3/b9-7-/t23-,24-,25-,26-,27?,28?/m1/s1. The van der Waals surface area contributed by atoms with Crippen LogP contribution < -0.4 is 0 Å². The highest BCUT2D eigenvalue weighted by atomic mass is 28.4. The first-order chi connectivity index (χ1) is 17.2. The van der Waals surface area contributed by atoms with Gasteiger partial charge in [0, 0.05) is 38.8 Å². The first kappa shape index (κ1) is 30.3. The van der Waals surface area contributed by atoms with Crippen LogP contribution in [0, 0.1) is 11.8 Å². The average Bonchev–Trinajstić information content (AvgIpc) is 3.16. The Morgan fingerprint density at radius 1 is 0.861 bits per heavy atom. The highest BCUT2D eigenvalue weighted by Crippen LogP contribution is 2.43. The van der Waals surface area contributed by atoms with E-state index in [2.05, 4.69) is 46.0 Å². The Labute approximate surface area is 221 Å². The van der Waals surface area contributed by atoms with E-state index in [0.29, 0.717) is 12.5 Å². The molecule has 6 atom stereocenters. The molecule has 3 rings (SSSR count). The summed E-state index contributed by atoms with van der Waals surface area (Å²) < 4.78 is 32.1. The predicted molar refractivity (Wildman–Crippen MR) is 146 cm³/mol. The summed E-state index contributed by atoms with van der Waals surface area (Å²) in [6.45, 7) is 14.1. The van der Waals surface area contributed by atoms with Crippen LogP contribution in [-0.2, 0) is 23.4 Å². The van der Waals surface area contributed by atoms with Gasteiger partial charge >= 0.3 is 0 Å². The summed E-state index contributed by atoms with van der Waals surface area (Å²) in [6.07, 6.45) is 15.8. The van der Waals surface area contributed by atoms with Crippen LogP contribution in [0.2, 0.25) is 18.1 Å². The highest BCUT2D eigenvalue weighted by molar-refractivity contribution is 6.74. The van der Waals surface area contributed by atoms with E-state index < -0.39 is 8.32 Å². The zero-order chi connectivity index (χ0) is 26.0. The third kappa shape index (κ3) is 9.18. The SMILES string of the molecule is CC(C)(C)[Si](C)(C)OC[C@@H]1[C@@H](C/C=C\CCCCO)[C@H](OC2CCCCO2)C[C@H]1OC1CCCCO1. The molecule has 1 saturated carbocycles. The molecule has 2 saturated heterocycles. The summed E-state index contributed by atoms with van der Waals surface area (Å²) >= 11 is 0. The van der Waals surface area contributed by atoms with Crippen LogP contribution in [-0.4, -0.2) is 64.6 Å². The first-order valence-corrected chi connectivity index (χ1v) is 17.6. The molecule has 6 nitrogen and oxygen atoms in total. The maximum atomic E-state index is 9.08. The van der Waals surface area contributed by atoms with Gasteiger partial charge in [-0.3, -0.25) is 0 Å². The number of hydrogen-bond donors (Lipinski definition) is 1. The third-order valence-corrected chi connectivity index (χ3v) is 13.2. The number of unbranched alkanes of at least 4 members (excludes halogenated alkanes) is 2. The minimum Gasteiger partial charge on any atom is -0.416 e. The number of allylic oxidation sites excluding steroid dienone is 2. The molecule has 2 unspecified atom stereocenters. The molecule has 2 aliphatic heterocycles. The summed E-state index contributed by atoms with van der Waals surface area (Å²) in [7, 11) is -1.90. The molecule has 36 heavy (non-hydrogen) atoms. The fraction of sp³-hybridized carbons (Fsp3) is 0.931. The second kappa shape index (κ2) is 14.8. The Morgan fingerprint density at radius 3 is 2.00 bits per heavy atom. The predicted octanol–water partition coefficient (Wildman–Crippen LogP) is 6.58. The van der Waals surface area contributed by atoms with Gasteiger partial charge in [0.05, 0.1) is 12.2 Å². The van der Waals surface area contributed by atoms with E-state index in [9.17, 15) is 0 Å². The van der Waals surface area contributed by atoms with Gasteiger partial charge in [0.25, 0.3) is 0 Å². The smallest absolute Gasteiger partial charge is 0.191 e. The molecule has 0 aromatic rings. The van der Waals surface area contributed by atoms with Gasteiger partial charge in [-0.15, -0.1) is 0 Å². The monoisotopic (exact) mass is 526 g/mol. The summed E-state index contributed by atoms with van der Waals surface area (Å²) in [5.41, 5.74) is 0. The van der Waals surface area contributed by atoms with Crippen molar-refractivity contribution in [3.8, 4) is 0 Å². The summed E-state index contributed by atoms with van der Waals surface area (Å²) in [6, 6.07) is 0. The molecule has 0 amide bonds. The molecule has 0 spiro atoms. The molecule has 1 N–H and O–H groups in total. The number of hydrogen-bond acceptors (Lipinski definition) is 6. The Morgan fingerprint density at radius 2 is 1.47 bits per heavy atom. The van der Waals surface area contributed by atoms with Crippen molar-refractivity contribution in [1.82, 2.24) is 0 Å². The van der Waals surface area contributed by atoms with Crippen LogP contribution in [0.3, 0.4) is 0 Å². The summed E-state index contributed by atoms with van der Waals surface area (Å²) in [5, 5.41) is 9.25. The molecule has 7 heteroatoms. The van der Waals surface area contributed by atoms with E-state index in [1.807, 2.05) is 0 Å². The Hall–Kier alpha value is -0.283. The zero-order valence-electron chi connectivity index (χ0n) is 23.7. The van der Waals surface area contributed by atoms with E-state index in [1.165, 1.54) is 12.8 Å². The topological polar surface area (TPSA) is 66.4 Å². The van der Waals surface area contributed by atoms with Gasteiger partial charge in [0.1, 0.15) is 0 Å². The molecule has 3 fully saturated rings. The maximum absolute atomic E-state index is 9.08. The van der Waals surface area contributed by atoms with Crippen molar-refractivity contribution in [2.45, 2.75) is 134 Å². The summed E-state index contributed by atoms with van der Waals surface area (Å²) in [4.78, 5) is 0. The van der Waals surface area contributed by atoms with Crippen molar-refractivity contribution >= 4 is 8.32 Å². The number of aliphatic hydroxyl groups excluding tert-OH is 1.